The first-order chi connectivity index (χ1) is 47.2. The topological polar surface area (TPSA) is 231 Å². The van der Waals surface area contributed by atoms with Crippen LogP contribution in [0.5, 0.6) is 0 Å². The Labute approximate surface area is 588 Å². The minimum absolute atomic E-state index is 0.102. The zero-order chi connectivity index (χ0) is 70.9. The highest BCUT2D eigenvalue weighted by Crippen LogP contribution is 2.45. The molecule has 0 bridgehead atoms. The van der Waals surface area contributed by atoms with E-state index in [0.29, 0.717) is 19.3 Å². The smallest absolute Gasteiger partial charge is 0.463 e. The molecule has 0 aromatic rings. The van der Waals surface area contributed by atoms with Gasteiger partial charge >= 0.3 is 33.6 Å². The highest BCUT2D eigenvalue weighted by Gasteiger charge is 2.29. The van der Waals surface area contributed by atoms with Crippen LogP contribution in [-0.4, -0.2) is 95.9 Å². The van der Waals surface area contributed by atoms with Crippen molar-refractivity contribution in [2.75, 3.05) is 39.6 Å². The molecular weight excluding hydrogens is 1270 g/mol. The average molecular weight is 1400 g/mol. The molecule has 0 fully saturated rings. The van der Waals surface area contributed by atoms with Gasteiger partial charge in [-0.05, 0) is 116 Å². The number of unbranched alkanes of at least 4 members (excludes halogenated alkanes) is 25. The van der Waals surface area contributed by atoms with Gasteiger partial charge in [-0.3, -0.25) is 32.5 Å². The number of aliphatic hydroxyl groups excluding tert-OH is 2. The Morgan fingerprint density at radius 1 is 0.299 bits per heavy atom. The zero-order valence-electron chi connectivity index (χ0n) is 60.5. The summed E-state index contributed by atoms with van der Waals surface area (Å²) in [5.41, 5.74) is 0. The maximum atomic E-state index is 12.9. The molecule has 0 saturated heterocycles. The fraction of sp³-hybridized carbons (Fsp3) is 0.684. The van der Waals surface area contributed by atoms with Crippen LogP contribution in [0.25, 0.3) is 0 Å². The van der Waals surface area contributed by atoms with E-state index in [4.69, 9.17) is 32.3 Å². The van der Waals surface area contributed by atoms with Crippen LogP contribution in [0.1, 0.15) is 290 Å². The molecule has 556 valence electrons. The van der Waals surface area contributed by atoms with Crippen LogP contribution >= 0.6 is 15.6 Å². The van der Waals surface area contributed by atoms with Crippen molar-refractivity contribution in [3.63, 3.8) is 0 Å². The second-order valence-corrected chi connectivity index (χ2v) is 27.6. The number of hydrogen-bond donors (Lipinski definition) is 4. The summed E-state index contributed by atoms with van der Waals surface area (Å²) in [7, 11) is -9.79. The summed E-state index contributed by atoms with van der Waals surface area (Å²) in [6, 6.07) is 0. The van der Waals surface area contributed by atoms with Crippen LogP contribution in [0, 0.1) is 0 Å². The highest BCUT2D eigenvalue weighted by atomic mass is 31.2. The van der Waals surface area contributed by atoms with E-state index in [2.05, 4.69) is 154 Å². The fourth-order valence-corrected chi connectivity index (χ4v) is 11.3. The van der Waals surface area contributed by atoms with Crippen LogP contribution in [0.3, 0.4) is 0 Å². The number of allylic oxidation sites excluding steroid dienone is 22. The Morgan fingerprint density at radius 3 is 0.866 bits per heavy atom. The van der Waals surface area contributed by atoms with Crippen molar-refractivity contribution < 1.29 is 75.8 Å². The molecule has 5 unspecified atom stereocenters. The quantitative estimate of drug-likeness (QED) is 0.0146. The van der Waals surface area contributed by atoms with Crippen molar-refractivity contribution in [2.45, 2.75) is 309 Å². The molecule has 16 nitrogen and oxygen atoms in total. The van der Waals surface area contributed by atoms with Crippen LogP contribution in [0.2, 0.25) is 0 Å². The second-order valence-electron chi connectivity index (χ2n) is 24.7. The standard InChI is InChI=1S/C79H134O16P2/c1-4-7-10-13-16-19-22-24-26-28-30-32-34-35-36-37-39-41-42-44-46-48-51-53-56-59-62-65-77(82)89-68-74(80)69-91-96(85,86)92-70-75(81)71-93-97(87,88)94-73-76(95-79(84)67-64-61-58-55-50-21-18-15-12-9-6-3)72-90-78(83)66-63-60-57-54-52-49-47-45-43-40-38-33-31-29-27-25-23-20-17-14-11-8-5-2/h7-8,10-11,16-17,19-20,24-27,30-33,35-36,39-41,43,74-76,80-81H,4-6,9,12-15,18,21-23,28-29,34,37-38,42,44-73H2,1-3H3,(H,85,86)(H,87,88)/b10-7-,11-8-,19-16-,20-17-,26-24-,27-25-,32-30-,33-31-,36-35-,41-39-,43-40-. The van der Waals surface area contributed by atoms with E-state index in [1.807, 2.05) is 0 Å². The number of phosphoric acid groups is 2. The summed E-state index contributed by atoms with van der Waals surface area (Å²) < 4.78 is 61.0. The molecule has 18 heteroatoms. The van der Waals surface area contributed by atoms with E-state index in [9.17, 15) is 43.5 Å². The third-order valence-corrected chi connectivity index (χ3v) is 17.3. The van der Waals surface area contributed by atoms with Gasteiger partial charge < -0.3 is 34.2 Å². The van der Waals surface area contributed by atoms with Crippen molar-refractivity contribution in [1.82, 2.24) is 0 Å². The van der Waals surface area contributed by atoms with Crippen LogP contribution in [-0.2, 0) is 55.8 Å². The first-order valence-corrected chi connectivity index (χ1v) is 40.5. The Balaban J connectivity index is 4.52. The van der Waals surface area contributed by atoms with Crippen LogP contribution < -0.4 is 0 Å². The lowest BCUT2D eigenvalue weighted by Crippen LogP contribution is -2.30. The zero-order valence-corrected chi connectivity index (χ0v) is 62.2. The first-order valence-electron chi connectivity index (χ1n) is 37.5. The van der Waals surface area contributed by atoms with Gasteiger partial charge in [0, 0.05) is 19.3 Å². The largest absolute Gasteiger partial charge is 0.472 e. The van der Waals surface area contributed by atoms with E-state index in [-0.39, 0.29) is 19.3 Å². The SMILES string of the molecule is CC/C=C\C/C=C\C/C=C\C/C=C\C/C=C\C/C=C\CCCCCCCCCCC(=O)OCC(O)COP(=O)(O)OCC(O)COP(=O)(O)OCC(COC(=O)CCCCCCCCC/C=C\C/C=C\C/C=C\C/C=C\C/C=C\CC)OC(=O)CCCCCCCCCCCCC. The predicted molar refractivity (Wildman–Crippen MR) is 399 cm³/mol. The number of carbonyl (C=O) groups excluding carboxylic acids is 3. The lowest BCUT2D eigenvalue weighted by molar-refractivity contribution is -0.161. The normalized spacial score (nSPS) is 14.8. The number of phosphoric ester groups is 2. The molecular formula is C79H134O16P2. The molecule has 0 aromatic heterocycles. The van der Waals surface area contributed by atoms with E-state index in [0.717, 1.165) is 173 Å². The number of hydrogen-bond acceptors (Lipinski definition) is 14. The van der Waals surface area contributed by atoms with Gasteiger partial charge in [-0.2, -0.15) is 0 Å². The summed E-state index contributed by atoms with van der Waals surface area (Å²) in [5, 5.41) is 20.6. The lowest BCUT2D eigenvalue weighted by Gasteiger charge is -2.21. The van der Waals surface area contributed by atoms with Gasteiger partial charge in [-0.15, -0.1) is 0 Å². The molecule has 0 amide bonds. The molecule has 0 rings (SSSR count). The Hall–Kier alpha value is -4.31. The molecule has 0 aliphatic carbocycles. The molecule has 0 saturated carbocycles. The van der Waals surface area contributed by atoms with Gasteiger partial charge in [0.1, 0.15) is 25.4 Å². The first kappa shape index (κ1) is 92.7. The minimum Gasteiger partial charge on any atom is -0.463 e. The van der Waals surface area contributed by atoms with Crippen LogP contribution in [0.4, 0.5) is 0 Å². The molecule has 5 atom stereocenters. The summed E-state index contributed by atoms with van der Waals surface area (Å²) >= 11 is 0. The molecule has 97 heavy (non-hydrogen) atoms. The van der Waals surface area contributed by atoms with Gasteiger partial charge in [-0.1, -0.05) is 289 Å². The van der Waals surface area contributed by atoms with E-state index < -0.39 is 91.5 Å². The summed E-state index contributed by atoms with van der Waals surface area (Å²) in [6.45, 7) is 2.42. The minimum atomic E-state index is -4.93. The fourth-order valence-electron chi connectivity index (χ4n) is 9.72. The predicted octanol–water partition coefficient (Wildman–Crippen LogP) is 21.5. The number of aliphatic hydroxyl groups is 2. The number of rotatable bonds is 70. The number of carbonyl (C=O) groups is 3. The lowest BCUT2D eigenvalue weighted by atomic mass is 10.1. The molecule has 0 aromatic carbocycles. The van der Waals surface area contributed by atoms with Gasteiger partial charge in [0.15, 0.2) is 6.10 Å². The molecule has 0 radical (unpaired) electrons. The summed E-state index contributed by atoms with van der Waals surface area (Å²) in [6.07, 6.45) is 85.0. The third kappa shape index (κ3) is 72.8. The monoisotopic (exact) mass is 1400 g/mol. The van der Waals surface area contributed by atoms with Crippen molar-refractivity contribution in [3.8, 4) is 0 Å². The molecule has 0 aliphatic rings. The third-order valence-electron chi connectivity index (χ3n) is 15.4. The molecule has 0 aliphatic heterocycles. The van der Waals surface area contributed by atoms with Crippen molar-refractivity contribution in [2.24, 2.45) is 0 Å². The average Bonchev–Trinajstić information content (AvgIpc) is 1.56. The van der Waals surface area contributed by atoms with E-state index >= 15 is 0 Å². The summed E-state index contributed by atoms with van der Waals surface area (Å²) in [4.78, 5) is 58.5. The van der Waals surface area contributed by atoms with Gasteiger partial charge in [0.05, 0.1) is 26.4 Å². The van der Waals surface area contributed by atoms with Gasteiger partial charge in [-0.25, -0.2) is 9.13 Å². The van der Waals surface area contributed by atoms with Gasteiger partial charge in [0.25, 0.3) is 0 Å². The van der Waals surface area contributed by atoms with Crippen molar-refractivity contribution in [3.05, 3.63) is 134 Å². The Morgan fingerprint density at radius 2 is 0.546 bits per heavy atom. The highest BCUT2D eigenvalue weighted by molar-refractivity contribution is 7.47. The summed E-state index contributed by atoms with van der Waals surface area (Å²) in [5.74, 6) is -1.59. The second kappa shape index (κ2) is 71.5. The maximum absolute atomic E-state index is 12.9. The van der Waals surface area contributed by atoms with Crippen LogP contribution in [0.15, 0.2) is 134 Å². The number of ether oxygens (including phenoxy) is 3. The Kier molecular flexibility index (Phi) is 68.3. The maximum Gasteiger partial charge on any atom is 0.472 e. The van der Waals surface area contributed by atoms with E-state index in [1.165, 1.54) is 57.8 Å². The van der Waals surface area contributed by atoms with E-state index in [1.54, 1.807) is 0 Å². The number of esters is 3. The molecule has 0 spiro atoms. The van der Waals surface area contributed by atoms with Crippen molar-refractivity contribution >= 4 is 33.6 Å². The van der Waals surface area contributed by atoms with Gasteiger partial charge in [0.2, 0.25) is 0 Å². The molecule has 4 N–H and O–H groups in total. The molecule has 0 heterocycles. The van der Waals surface area contributed by atoms with Crippen molar-refractivity contribution in [1.29, 1.82) is 0 Å². The Bertz CT molecular complexity index is 2300.